The van der Waals surface area contributed by atoms with Crippen LogP contribution in [-0.4, -0.2) is 9.97 Å². The molecule has 0 aliphatic carbocycles. The number of benzene rings is 2. The number of aryl methyl sites for hydroxylation is 1. The average Bonchev–Trinajstić information content (AvgIpc) is 3.14. The number of fused-ring (bicyclic) bond motifs is 1. The Morgan fingerprint density at radius 1 is 0.857 bits per heavy atom. The number of H-pyrrole nitrogens is 1. The van der Waals surface area contributed by atoms with E-state index in [-0.39, 0.29) is 0 Å². The molecular weight excluding hydrogens is 260 g/mol. The Hall–Kier alpha value is -2.81. The van der Waals surface area contributed by atoms with Gasteiger partial charge in [0.25, 0.3) is 0 Å². The van der Waals surface area contributed by atoms with E-state index >= 15 is 0 Å². The van der Waals surface area contributed by atoms with Crippen LogP contribution in [0.5, 0.6) is 0 Å². The summed E-state index contributed by atoms with van der Waals surface area (Å²) < 4.78 is 5.93. The van der Waals surface area contributed by atoms with E-state index in [0.717, 1.165) is 33.9 Å². The molecule has 0 saturated heterocycles. The molecule has 0 radical (unpaired) electrons. The topological polar surface area (TPSA) is 41.8 Å². The summed E-state index contributed by atoms with van der Waals surface area (Å²) in [6, 6.07) is 20.2. The highest BCUT2D eigenvalue weighted by molar-refractivity contribution is 5.78. The van der Waals surface area contributed by atoms with Gasteiger partial charge in [-0.25, -0.2) is 4.98 Å². The molecule has 2 heterocycles. The summed E-state index contributed by atoms with van der Waals surface area (Å²) in [5.41, 5.74) is 4.27. The number of rotatable bonds is 2. The van der Waals surface area contributed by atoms with Crippen LogP contribution < -0.4 is 0 Å². The summed E-state index contributed by atoms with van der Waals surface area (Å²) in [5.74, 6) is 2.36. The van der Waals surface area contributed by atoms with Crippen LogP contribution in [0.4, 0.5) is 0 Å². The molecule has 0 aliphatic heterocycles. The van der Waals surface area contributed by atoms with E-state index in [4.69, 9.17) is 4.42 Å². The molecule has 21 heavy (non-hydrogen) atoms. The van der Waals surface area contributed by atoms with Crippen LogP contribution in [0.25, 0.3) is 33.9 Å². The van der Waals surface area contributed by atoms with Crippen molar-refractivity contribution in [3.8, 4) is 22.9 Å². The second-order valence-electron chi connectivity index (χ2n) is 5.13. The van der Waals surface area contributed by atoms with Crippen molar-refractivity contribution in [1.82, 2.24) is 9.97 Å². The molecule has 0 amide bonds. The summed E-state index contributed by atoms with van der Waals surface area (Å²) in [6.07, 6.45) is 0. The Morgan fingerprint density at radius 2 is 1.62 bits per heavy atom. The molecule has 3 nitrogen and oxygen atoms in total. The number of nitrogens with one attached hydrogen (secondary N) is 1. The maximum absolute atomic E-state index is 5.93. The molecule has 4 aromatic rings. The predicted molar refractivity (Wildman–Crippen MR) is 84.0 cm³/mol. The highest BCUT2D eigenvalue weighted by Crippen LogP contribution is 2.28. The first kappa shape index (κ1) is 12.0. The minimum absolute atomic E-state index is 0.752. The van der Waals surface area contributed by atoms with E-state index in [1.807, 2.05) is 36.4 Å². The fourth-order valence-corrected chi connectivity index (χ4v) is 2.41. The molecule has 4 rings (SSSR count). The molecule has 0 saturated carbocycles. The van der Waals surface area contributed by atoms with E-state index in [1.165, 1.54) is 5.56 Å². The van der Waals surface area contributed by atoms with Gasteiger partial charge >= 0.3 is 0 Å². The third kappa shape index (κ3) is 2.13. The van der Waals surface area contributed by atoms with E-state index in [1.54, 1.807) is 0 Å². The number of hydrogen-bond acceptors (Lipinski definition) is 2. The molecule has 0 spiro atoms. The fourth-order valence-electron chi connectivity index (χ4n) is 2.41. The zero-order chi connectivity index (χ0) is 14.2. The average molecular weight is 274 g/mol. The Labute approximate surface area is 122 Å². The smallest absolute Gasteiger partial charge is 0.174 e. The van der Waals surface area contributed by atoms with Gasteiger partial charge in [0.2, 0.25) is 0 Å². The standard InChI is InChI=1S/C18H14N2O/c1-12-6-8-13(9-7-12)16-10-11-17(21-16)18-19-14-4-2-3-5-15(14)20-18/h2-11H,1H3,(H,19,20). The number of nitrogens with zero attached hydrogens (tertiary/aromatic N) is 1. The highest BCUT2D eigenvalue weighted by atomic mass is 16.3. The number of aromatic amines is 1. The van der Waals surface area contributed by atoms with Crippen molar-refractivity contribution >= 4 is 11.0 Å². The molecule has 102 valence electrons. The molecule has 0 atom stereocenters. The van der Waals surface area contributed by atoms with Gasteiger partial charge in [0.05, 0.1) is 11.0 Å². The van der Waals surface area contributed by atoms with Gasteiger partial charge in [-0.3, -0.25) is 0 Å². The van der Waals surface area contributed by atoms with Crippen molar-refractivity contribution in [2.24, 2.45) is 0 Å². The molecule has 3 heteroatoms. The molecule has 0 aliphatic rings. The predicted octanol–water partition coefficient (Wildman–Crippen LogP) is 4.80. The van der Waals surface area contributed by atoms with Crippen molar-refractivity contribution in [2.45, 2.75) is 6.92 Å². The summed E-state index contributed by atoms with van der Waals surface area (Å²) in [5, 5.41) is 0. The van der Waals surface area contributed by atoms with Crippen molar-refractivity contribution in [2.75, 3.05) is 0 Å². The molecule has 0 bridgehead atoms. The molecule has 0 fully saturated rings. The lowest BCUT2D eigenvalue weighted by atomic mass is 10.1. The van der Waals surface area contributed by atoms with Gasteiger partial charge in [0, 0.05) is 5.56 Å². The zero-order valence-electron chi connectivity index (χ0n) is 11.6. The van der Waals surface area contributed by atoms with Crippen LogP contribution in [0.15, 0.2) is 65.1 Å². The maximum Gasteiger partial charge on any atom is 0.174 e. The lowest BCUT2D eigenvalue weighted by Gasteiger charge is -1.97. The van der Waals surface area contributed by atoms with Crippen molar-refractivity contribution < 1.29 is 4.42 Å². The molecule has 2 aromatic carbocycles. The fraction of sp³-hybridized carbons (Fsp3) is 0.0556. The van der Waals surface area contributed by atoms with E-state index in [0.29, 0.717) is 0 Å². The van der Waals surface area contributed by atoms with Gasteiger partial charge in [-0.05, 0) is 31.2 Å². The van der Waals surface area contributed by atoms with Gasteiger partial charge in [-0.15, -0.1) is 0 Å². The van der Waals surface area contributed by atoms with Gasteiger partial charge in [0.15, 0.2) is 11.6 Å². The SMILES string of the molecule is Cc1ccc(-c2ccc(-c3nc4ccccc4[nH]3)o2)cc1. The number of furan rings is 1. The Kier molecular flexibility index (Phi) is 2.64. The summed E-state index contributed by atoms with van der Waals surface area (Å²) in [4.78, 5) is 7.84. The first-order chi connectivity index (χ1) is 10.3. The highest BCUT2D eigenvalue weighted by Gasteiger charge is 2.10. The molecular formula is C18H14N2O. The second-order valence-corrected chi connectivity index (χ2v) is 5.13. The first-order valence-electron chi connectivity index (χ1n) is 6.91. The van der Waals surface area contributed by atoms with E-state index in [2.05, 4.69) is 41.2 Å². The Morgan fingerprint density at radius 3 is 2.43 bits per heavy atom. The lowest BCUT2D eigenvalue weighted by molar-refractivity contribution is 0.593. The number of imidazole rings is 1. The molecule has 0 unspecified atom stereocenters. The van der Waals surface area contributed by atoms with Crippen LogP contribution in [0.2, 0.25) is 0 Å². The van der Waals surface area contributed by atoms with Crippen LogP contribution in [-0.2, 0) is 0 Å². The summed E-state index contributed by atoms with van der Waals surface area (Å²) >= 11 is 0. The normalized spacial score (nSPS) is 11.1. The maximum atomic E-state index is 5.93. The zero-order valence-corrected chi connectivity index (χ0v) is 11.6. The summed E-state index contributed by atoms with van der Waals surface area (Å²) in [6.45, 7) is 2.08. The van der Waals surface area contributed by atoms with Crippen LogP contribution in [0, 0.1) is 6.92 Å². The largest absolute Gasteiger partial charge is 0.453 e. The monoisotopic (exact) mass is 274 g/mol. The first-order valence-corrected chi connectivity index (χ1v) is 6.91. The number of hydrogen-bond donors (Lipinski definition) is 1. The van der Waals surface area contributed by atoms with Crippen molar-refractivity contribution in [3.05, 3.63) is 66.2 Å². The third-order valence-corrected chi connectivity index (χ3v) is 3.56. The van der Waals surface area contributed by atoms with Gasteiger partial charge < -0.3 is 9.40 Å². The number of aromatic nitrogens is 2. The third-order valence-electron chi connectivity index (χ3n) is 3.56. The second kappa shape index (κ2) is 4.63. The van der Waals surface area contributed by atoms with Crippen LogP contribution >= 0.6 is 0 Å². The van der Waals surface area contributed by atoms with Gasteiger partial charge in [-0.2, -0.15) is 0 Å². The van der Waals surface area contributed by atoms with Crippen LogP contribution in [0.3, 0.4) is 0 Å². The van der Waals surface area contributed by atoms with Crippen molar-refractivity contribution in [1.29, 1.82) is 0 Å². The van der Waals surface area contributed by atoms with Crippen LogP contribution in [0.1, 0.15) is 5.56 Å². The van der Waals surface area contributed by atoms with E-state index < -0.39 is 0 Å². The number of para-hydroxylation sites is 2. The quantitative estimate of drug-likeness (QED) is 0.570. The minimum Gasteiger partial charge on any atom is -0.453 e. The molecule has 2 aromatic heterocycles. The van der Waals surface area contributed by atoms with Gasteiger partial charge in [0.1, 0.15) is 5.76 Å². The summed E-state index contributed by atoms with van der Waals surface area (Å²) in [7, 11) is 0. The van der Waals surface area contributed by atoms with Gasteiger partial charge in [-0.1, -0.05) is 42.0 Å². The Bertz CT molecular complexity index is 867. The molecule has 1 N–H and O–H groups in total. The lowest BCUT2D eigenvalue weighted by Crippen LogP contribution is -1.76. The Balaban J connectivity index is 1.75. The van der Waals surface area contributed by atoms with E-state index in [9.17, 15) is 0 Å². The minimum atomic E-state index is 0.752. The van der Waals surface area contributed by atoms with Crippen molar-refractivity contribution in [3.63, 3.8) is 0 Å².